The summed E-state index contributed by atoms with van der Waals surface area (Å²) in [6.07, 6.45) is 0.270. The lowest BCUT2D eigenvalue weighted by molar-refractivity contribution is -0.384. The molecule has 0 heterocycles. The summed E-state index contributed by atoms with van der Waals surface area (Å²) in [5.41, 5.74) is 0.400. The van der Waals surface area contributed by atoms with Crippen LogP contribution in [0.3, 0.4) is 0 Å². The van der Waals surface area contributed by atoms with Crippen LogP contribution in [-0.2, 0) is 25.7 Å². The van der Waals surface area contributed by atoms with Crippen LogP contribution in [0.25, 0.3) is 0 Å². The Bertz CT molecular complexity index is 528. The van der Waals surface area contributed by atoms with Crippen LogP contribution < -0.4 is 0 Å². The van der Waals surface area contributed by atoms with Gasteiger partial charge in [-0.25, -0.2) is 0 Å². The van der Waals surface area contributed by atoms with Crippen molar-refractivity contribution in [2.24, 2.45) is 5.92 Å². The van der Waals surface area contributed by atoms with Crippen molar-refractivity contribution in [2.75, 3.05) is 6.61 Å². The van der Waals surface area contributed by atoms with Gasteiger partial charge >= 0.3 is 11.9 Å². The predicted molar refractivity (Wildman–Crippen MR) is 73.3 cm³/mol. The van der Waals surface area contributed by atoms with E-state index in [1.165, 1.54) is 18.2 Å². The maximum Gasteiger partial charge on any atom is 0.320 e. The van der Waals surface area contributed by atoms with E-state index in [1.807, 2.05) is 0 Å². The molecule has 0 saturated heterocycles. The second kappa shape index (κ2) is 7.98. The van der Waals surface area contributed by atoms with Crippen LogP contribution in [0.4, 0.5) is 5.69 Å². The van der Waals surface area contributed by atoms with Crippen LogP contribution in [-0.4, -0.2) is 23.5 Å². The molecule has 7 heteroatoms. The van der Waals surface area contributed by atoms with Crippen LogP contribution in [0.1, 0.15) is 25.8 Å². The zero-order valence-electron chi connectivity index (χ0n) is 11.9. The van der Waals surface area contributed by atoms with Gasteiger partial charge in [0.2, 0.25) is 0 Å². The molecule has 0 aliphatic heterocycles. The number of nitrogens with zero attached hydrogens (tertiary/aromatic N) is 1. The quantitative estimate of drug-likeness (QED) is 0.331. The number of carbonyl (C=O) groups excluding carboxylic acids is 2. The summed E-state index contributed by atoms with van der Waals surface area (Å²) >= 11 is 0. The molecule has 0 spiro atoms. The summed E-state index contributed by atoms with van der Waals surface area (Å²) in [5.74, 6) is -2.28. The van der Waals surface area contributed by atoms with Crippen LogP contribution in [0.2, 0.25) is 0 Å². The summed E-state index contributed by atoms with van der Waals surface area (Å²) in [5, 5.41) is 10.6. The third-order valence-electron chi connectivity index (χ3n) is 2.77. The van der Waals surface area contributed by atoms with Gasteiger partial charge in [-0.2, -0.15) is 0 Å². The molecule has 1 aromatic rings. The lowest BCUT2D eigenvalue weighted by Crippen LogP contribution is -2.27. The smallest absolute Gasteiger partial charge is 0.320 e. The van der Waals surface area contributed by atoms with Crippen molar-refractivity contribution >= 4 is 17.6 Å². The molecule has 21 heavy (non-hydrogen) atoms. The van der Waals surface area contributed by atoms with Gasteiger partial charge in [0.1, 0.15) is 6.61 Å². The van der Waals surface area contributed by atoms with Crippen molar-refractivity contribution in [2.45, 2.75) is 26.9 Å². The standard InChI is InChI=1S/C14H17NO6/c1-3-12(13(16)20-4-2)14(17)21-9-10-6-5-7-11(8-10)15(18)19/h5-8,12H,3-4,9H2,1-2H3. The Morgan fingerprint density at radius 1 is 1.24 bits per heavy atom. The zero-order chi connectivity index (χ0) is 15.8. The van der Waals surface area contributed by atoms with Gasteiger partial charge in [-0.1, -0.05) is 19.1 Å². The highest BCUT2D eigenvalue weighted by Crippen LogP contribution is 2.15. The van der Waals surface area contributed by atoms with Crippen molar-refractivity contribution in [1.29, 1.82) is 0 Å². The molecule has 0 amide bonds. The number of nitro groups is 1. The van der Waals surface area contributed by atoms with Gasteiger partial charge < -0.3 is 9.47 Å². The van der Waals surface area contributed by atoms with Gasteiger partial charge in [-0.05, 0) is 18.9 Å². The number of non-ortho nitro benzene ring substituents is 1. The Balaban J connectivity index is 2.65. The minimum Gasteiger partial charge on any atom is -0.465 e. The summed E-state index contributed by atoms with van der Waals surface area (Å²) in [7, 11) is 0. The first kappa shape index (κ1) is 16.6. The van der Waals surface area contributed by atoms with Crippen LogP contribution in [0, 0.1) is 16.0 Å². The highest BCUT2D eigenvalue weighted by molar-refractivity contribution is 5.94. The topological polar surface area (TPSA) is 95.7 Å². The maximum absolute atomic E-state index is 11.8. The summed E-state index contributed by atoms with van der Waals surface area (Å²) in [4.78, 5) is 33.5. The minimum absolute atomic E-state index is 0.0824. The van der Waals surface area contributed by atoms with Gasteiger partial charge in [0.25, 0.3) is 5.69 Å². The number of esters is 2. The molecule has 1 rings (SSSR count). The Kier molecular flexibility index (Phi) is 6.32. The Morgan fingerprint density at radius 3 is 2.48 bits per heavy atom. The monoisotopic (exact) mass is 295 g/mol. The first-order chi connectivity index (χ1) is 9.99. The Hall–Kier alpha value is -2.44. The van der Waals surface area contributed by atoms with Crippen LogP contribution >= 0.6 is 0 Å². The molecule has 114 valence electrons. The van der Waals surface area contributed by atoms with E-state index in [1.54, 1.807) is 19.9 Å². The molecule has 0 radical (unpaired) electrons. The number of rotatable bonds is 7. The molecule has 0 saturated carbocycles. The lowest BCUT2D eigenvalue weighted by atomic mass is 10.1. The molecule has 1 atom stereocenters. The fourth-order valence-corrected chi connectivity index (χ4v) is 1.69. The van der Waals surface area contributed by atoms with E-state index in [9.17, 15) is 19.7 Å². The molecular formula is C14H17NO6. The Labute approximate surface area is 122 Å². The van der Waals surface area contributed by atoms with Crippen molar-refractivity contribution in [3.8, 4) is 0 Å². The highest BCUT2D eigenvalue weighted by atomic mass is 16.6. The van der Waals surface area contributed by atoms with Crippen molar-refractivity contribution in [1.82, 2.24) is 0 Å². The van der Waals surface area contributed by atoms with Crippen LogP contribution in [0.15, 0.2) is 24.3 Å². The number of hydrogen-bond donors (Lipinski definition) is 0. The highest BCUT2D eigenvalue weighted by Gasteiger charge is 2.27. The molecule has 0 aliphatic rings. The zero-order valence-corrected chi connectivity index (χ0v) is 11.9. The van der Waals surface area contributed by atoms with Crippen molar-refractivity contribution in [3.63, 3.8) is 0 Å². The molecule has 0 aromatic heterocycles. The maximum atomic E-state index is 11.8. The fourth-order valence-electron chi connectivity index (χ4n) is 1.69. The summed E-state index contributed by atoms with van der Waals surface area (Å²) < 4.78 is 9.81. The molecule has 1 aromatic carbocycles. The van der Waals surface area contributed by atoms with E-state index < -0.39 is 22.8 Å². The average Bonchev–Trinajstić information content (AvgIpc) is 2.46. The molecule has 1 unspecified atom stereocenters. The largest absolute Gasteiger partial charge is 0.465 e. The first-order valence-electron chi connectivity index (χ1n) is 6.56. The average molecular weight is 295 g/mol. The molecule has 0 N–H and O–H groups in total. The molecule has 0 aliphatic carbocycles. The second-order valence-corrected chi connectivity index (χ2v) is 4.25. The number of carbonyl (C=O) groups is 2. The van der Waals surface area contributed by atoms with E-state index in [-0.39, 0.29) is 25.3 Å². The van der Waals surface area contributed by atoms with E-state index >= 15 is 0 Å². The van der Waals surface area contributed by atoms with E-state index in [0.717, 1.165) is 0 Å². The summed E-state index contributed by atoms with van der Waals surface area (Å²) in [6.45, 7) is 3.39. The van der Waals surface area contributed by atoms with E-state index in [4.69, 9.17) is 9.47 Å². The third kappa shape index (κ3) is 4.87. The molecular weight excluding hydrogens is 278 g/mol. The van der Waals surface area contributed by atoms with E-state index in [2.05, 4.69) is 0 Å². The molecule has 0 fully saturated rings. The van der Waals surface area contributed by atoms with Gasteiger partial charge in [0.15, 0.2) is 5.92 Å². The van der Waals surface area contributed by atoms with Gasteiger partial charge in [-0.3, -0.25) is 19.7 Å². The van der Waals surface area contributed by atoms with Gasteiger partial charge in [0, 0.05) is 12.1 Å². The first-order valence-corrected chi connectivity index (χ1v) is 6.56. The molecule has 7 nitrogen and oxygen atoms in total. The molecule has 0 bridgehead atoms. The van der Waals surface area contributed by atoms with Crippen molar-refractivity contribution < 1.29 is 24.0 Å². The minimum atomic E-state index is -0.969. The van der Waals surface area contributed by atoms with E-state index in [0.29, 0.717) is 5.56 Å². The predicted octanol–water partition coefficient (Wildman–Crippen LogP) is 2.23. The fraction of sp³-hybridized carbons (Fsp3) is 0.429. The number of nitro benzene ring substituents is 1. The SMILES string of the molecule is CCOC(=O)C(CC)C(=O)OCc1cccc([N+](=O)[O-])c1. The number of ether oxygens (including phenoxy) is 2. The number of benzene rings is 1. The van der Waals surface area contributed by atoms with Crippen LogP contribution in [0.5, 0.6) is 0 Å². The van der Waals surface area contributed by atoms with Gasteiger partial charge in [0.05, 0.1) is 11.5 Å². The number of hydrogen-bond acceptors (Lipinski definition) is 6. The Morgan fingerprint density at radius 2 is 1.90 bits per heavy atom. The third-order valence-corrected chi connectivity index (χ3v) is 2.77. The summed E-state index contributed by atoms with van der Waals surface area (Å²) in [6, 6.07) is 5.77. The van der Waals surface area contributed by atoms with Gasteiger partial charge in [-0.15, -0.1) is 0 Å². The second-order valence-electron chi connectivity index (χ2n) is 4.25. The normalized spacial score (nSPS) is 11.5. The lowest BCUT2D eigenvalue weighted by Gasteiger charge is -2.12. The van der Waals surface area contributed by atoms with Crippen molar-refractivity contribution in [3.05, 3.63) is 39.9 Å².